The highest BCUT2D eigenvalue weighted by atomic mass is 35.5. The van der Waals surface area contributed by atoms with Gasteiger partial charge in [-0.3, -0.25) is 4.57 Å². The van der Waals surface area contributed by atoms with Crippen LogP contribution in [0.1, 0.15) is 5.82 Å². The van der Waals surface area contributed by atoms with Crippen molar-refractivity contribution in [3.05, 3.63) is 48.0 Å². The highest BCUT2D eigenvalue weighted by Gasteiger charge is 2.16. The Morgan fingerprint density at radius 2 is 2.00 bits per heavy atom. The molecular weight excluding hydrogens is 293 g/mol. The largest absolute Gasteiger partial charge is 0.481 e. The molecular formula is C15H13ClFN3O. The van der Waals surface area contributed by atoms with Crippen LogP contribution in [0.4, 0.5) is 4.39 Å². The highest BCUT2D eigenvalue weighted by Crippen LogP contribution is 2.24. The number of aryl methyl sites for hydroxylation is 1. The molecule has 2 aromatic heterocycles. The summed E-state index contributed by atoms with van der Waals surface area (Å²) in [5.41, 5.74) is 1.64. The van der Waals surface area contributed by atoms with Crippen molar-refractivity contribution in [3.8, 4) is 11.6 Å². The van der Waals surface area contributed by atoms with Gasteiger partial charge in [-0.05, 0) is 18.2 Å². The molecule has 1 aromatic carbocycles. The van der Waals surface area contributed by atoms with Crippen LogP contribution in [0.3, 0.4) is 0 Å². The van der Waals surface area contributed by atoms with Gasteiger partial charge in [-0.15, -0.1) is 11.6 Å². The second-order valence-corrected chi connectivity index (χ2v) is 4.83. The fourth-order valence-electron chi connectivity index (χ4n) is 2.24. The minimum Gasteiger partial charge on any atom is -0.481 e. The molecule has 0 fully saturated rings. The van der Waals surface area contributed by atoms with E-state index in [9.17, 15) is 4.39 Å². The summed E-state index contributed by atoms with van der Waals surface area (Å²) in [6, 6.07) is 10.0. The topological polar surface area (TPSA) is 39.9 Å². The fraction of sp³-hybridized carbons (Fsp3) is 0.200. The average Bonchev–Trinajstić information content (AvgIpc) is 2.85. The van der Waals surface area contributed by atoms with Crippen molar-refractivity contribution < 1.29 is 9.13 Å². The van der Waals surface area contributed by atoms with Gasteiger partial charge in [0.25, 0.3) is 0 Å². The van der Waals surface area contributed by atoms with Gasteiger partial charge in [0.1, 0.15) is 17.2 Å². The van der Waals surface area contributed by atoms with E-state index in [1.54, 1.807) is 34.9 Å². The lowest BCUT2D eigenvalue weighted by atomic mass is 10.3. The first-order valence-corrected chi connectivity index (χ1v) is 7.01. The van der Waals surface area contributed by atoms with Crippen molar-refractivity contribution >= 4 is 22.8 Å². The molecule has 3 aromatic rings. The van der Waals surface area contributed by atoms with E-state index in [1.165, 1.54) is 13.2 Å². The van der Waals surface area contributed by atoms with E-state index in [1.807, 2.05) is 0 Å². The van der Waals surface area contributed by atoms with Crippen molar-refractivity contribution in [2.75, 3.05) is 13.0 Å². The third-order valence-corrected chi connectivity index (χ3v) is 3.36. The number of ether oxygens (including phenoxy) is 1. The Balaban J connectivity index is 2.31. The Morgan fingerprint density at radius 1 is 1.19 bits per heavy atom. The third-order valence-electron chi connectivity index (χ3n) is 3.17. The lowest BCUT2D eigenvalue weighted by Gasteiger charge is -2.09. The number of benzene rings is 1. The zero-order chi connectivity index (χ0) is 14.8. The molecule has 0 N–H and O–H groups in total. The number of aromatic nitrogens is 3. The van der Waals surface area contributed by atoms with Crippen LogP contribution in [0.5, 0.6) is 5.88 Å². The molecule has 0 bridgehead atoms. The summed E-state index contributed by atoms with van der Waals surface area (Å²) in [5, 5.41) is 0. The van der Waals surface area contributed by atoms with Crippen molar-refractivity contribution in [1.29, 1.82) is 0 Å². The van der Waals surface area contributed by atoms with Crippen LogP contribution >= 0.6 is 11.6 Å². The number of para-hydroxylation sites is 1. The monoisotopic (exact) mass is 305 g/mol. The Morgan fingerprint density at radius 3 is 2.71 bits per heavy atom. The lowest BCUT2D eigenvalue weighted by molar-refractivity contribution is 0.399. The van der Waals surface area contributed by atoms with Crippen LogP contribution in [-0.2, 0) is 6.42 Å². The van der Waals surface area contributed by atoms with Crippen LogP contribution in [0.15, 0.2) is 36.4 Å². The molecule has 0 amide bonds. The SMILES string of the molecule is COc1ccc2nc(CCCl)n(-c3ccccc3F)c2n1. The van der Waals surface area contributed by atoms with Crippen molar-refractivity contribution in [1.82, 2.24) is 14.5 Å². The van der Waals surface area contributed by atoms with E-state index < -0.39 is 0 Å². The van der Waals surface area contributed by atoms with E-state index in [4.69, 9.17) is 16.3 Å². The number of nitrogens with zero attached hydrogens (tertiary/aromatic N) is 3. The minimum absolute atomic E-state index is 0.336. The molecule has 108 valence electrons. The molecule has 0 aliphatic carbocycles. The second kappa shape index (κ2) is 5.69. The predicted octanol–water partition coefficient (Wildman–Crippen LogP) is 3.35. The maximum Gasteiger partial charge on any atom is 0.215 e. The molecule has 0 saturated heterocycles. The molecule has 0 aliphatic heterocycles. The molecule has 0 unspecified atom stereocenters. The summed E-state index contributed by atoms with van der Waals surface area (Å²) < 4.78 is 21.0. The van der Waals surface area contributed by atoms with E-state index in [2.05, 4.69) is 9.97 Å². The molecule has 21 heavy (non-hydrogen) atoms. The van der Waals surface area contributed by atoms with E-state index >= 15 is 0 Å². The average molecular weight is 306 g/mol. The van der Waals surface area contributed by atoms with E-state index in [-0.39, 0.29) is 5.82 Å². The zero-order valence-corrected chi connectivity index (χ0v) is 12.1. The quantitative estimate of drug-likeness (QED) is 0.694. The van der Waals surface area contributed by atoms with Gasteiger partial charge in [0.05, 0.1) is 12.8 Å². The first-order chi connectivity index (χ1) is 10.2. The molecule has 0 spiro atoms. The van der Waals surface area contributed by atoms with Gasteiger partial charge in [0, 0.05) is 18.4 Å². The van der Waals surface area contributed by atoms with Crippen molar-refractivity contribution in [2.45, 2.75) is 6.42 Å². The predicted molar refractivity (Wildman–Crippen MR) is 79.8 cm³/mol. The Bertz CT molecular complexity index is 788. The van der Waals surface area contributed by atoms with Crippen LogP contribution in [0.25, 0.3) is 16.9 Å². The smallest absolute Gasteiger partial charge is 0.215 e. The third kappa shape index (κ3) is 2.45. The molecule has 4 nitrogen and oxygen atoms in total. The summed E-state index contributed by atoms with van der Waals surface area (Å²) in [6.07, 6.45) is 0.522. The summed E-state index contributed by atoms with van der Waals surface area (Å²) in [7, 11) is 1.54. The van der Waals surface area contributed by atoms with Gasteiger partial charge in [-0.1, -0.05) is 12.1 Å². The maximum absolute atomic E-state index is 14.1. The standard InChI is InChI=1S/C15H13ClFN3O/c1-21-14-7-6-11-15(19-14)20(13(18-11)8-9-16)12-5-3-2-4-10(12)17/h2-7H,8-9H2,1H3. The first-order valence-electron chi connectivity index (χ1n) is 6.48. The molecule has 6 heteroatoms. The van der Waals surface area contributed by atoms with Crippen molar-refractivity contribution in [2.24, 2.45) is 0 Å². The van der Waals surface area contributed by atoms with Gasteiger partial charge in [0.2, 0.25) is 5.88 Å². The van der Waals surface area contributed by atoms with Crippen LogP contribution in [0.2, 0.25) is 0 Å². The molecule has 0 atom stereocenters. The number of hydrogen-bond acceptors (Lipinski definition) is 3. The number of rotatable bonds is 4. The first kappa shape index (κ1) is 13.8. The zero-order valence-electron chi connectivity index (χ0n) is 11.4. The number of fused-ring (bicyclic) bond motifs is 1. The van der Waals surface area contributed by atoms with Crippen LogP contribution in [0, 0.1) is 5.82 Å². The van der Waals surface area contributed by atoms with Gasteiger partial charge in [0.15, 0.2) is 5.65 Å². The Labute approximate surface area is 126 Å². The van der Waals surface area contributed by atoms with E-state index in [0.717, 1.165) is 0 Å². The van der Waals surface area contributed by atoms with Gasteiger partial charge in [-0.2, -0.15) is 4.98 Å². The normalized spacial score (nSPS) is 11.0. The lowest BCUT2D eigenvalue weighted by Crippen LogP contribution is -2.05. The molecule has 0 aliphatic rings. The second-order valence-electron chi connectivity index (χ2n) is 4.45. The maximum atomic E-state index is 14.1. The number of halogens is 2. The molecule has 3 rings (SSSR count). The fourth-order valence-corrected chi connectivity index (χ4v) is 2.41. The van der Waals surface area contributed by atoms with Gasteiger partial charge < -0.3 is 4.74 Å². The molecule has 0 saturated carbocycles. The number of hydrogen-bond donors (Lipinski definition) is 0. The minimum atomic E-state index is -0.336. The number of pyridine rings is 1. The van der Waals surface area contributed by atoms with Crippen LogP contribution in [-0.4, -0.2) is 27.5 Å². The summed E-state index contributed by atoms with van der Waals surface area (Å²) in [5.74, 6) is 1.19. The van der Waals surface area contributed by atoms with Crippen molar-refractivity contribution in [3.63, 3.8) is 0 Å². The Hall–Kier alpha value is -2.14. The summed E-state index contributed by atoms with van der Waals surface area (Å²) >= 11 is 5.83. The molecule has 2 heterocycles. The van der Waals surface area contributed by atoms with E-state index in [0.29, 0.717) is 40.9 Å². The number of alkyl halides is 1. The number of imidazole rings is 1. The van der Waals surface area contributed by atoms with Gasteiger partial charge >= 0.3 is 0 Å². The van der Waals surface area contributed by atoms with Gasteiger partial charge in [-0.25, -0.2) is 9.37 Å². The highest BCUT2D eigenvalue weighted by molar-refractivity contribution is 6.17. The Kier molecular flexibility index (Phi) is 3.75. The summed E-state index contributed by atoms with van der Waals surface area (Å²) in [4.78, 5) is 8.87. The summed E-state index contributed by atoms with van der Waals surface area (Å²) in [6.45, 7) is 0. The molecule has 0 radical (unpaired) electrons. The number of methoxy groups -OCH3 is 1. The van der Waals surface area contributed by atoms with Crippen LogP contribution < -0.4 is 4.74 Å².